The second kappa shape index (κ2) is 14.5. The maximum Gasteiger partial charge on any atom is 0.273 e. The quantitative estimate of drug-likeness (QED) is 0.194. The van der Waals surface area contributed by atoms with E-state index in [1.54, 1.807) is 12.1 Å². The Kier molecular flexibility index (Phi) is 11.4. The Labute approximate surface area is 260 Å². The predicted octanol–water partition coefficient (Wildman–Crippen LogP) is 5.36. The van der Waals surface area contributed by atoms with Gasteiger partial charge in [0.1, 0.15) is 18.3 Å². The van der Waals surface area contributed by atoms with Gasteiger partial charge >= 0.3 is 0 Å². The maximum atomic E-state index is 14.0. The summed E-state index contributed by atoms with van der Waals surface area (Å²) in [4.78, 5) is 38.7. The number of hydrogen-bond acceptors (Lipinski definition) is 7. The normalized spacial score (nSPS) is 11.9. The van der Waals surface area contributed by atoms with E-state index >= 15 is 0 Å². The zero-order chi connectivity index (χ0) is 31.9. The van der Waals surface area contributed by atoms with Gasteiger partial charge in [-0.1, -0.05) is 42.3 Å². The molecule has 0 aliphatic rings. The Hall–Kier alpha value is -3.87. The summed E-state index contributed by atoms with van der Waals surface area (Å²) < 4.78 is 34.1. The lowest BCUT2D eigenvalue weighted by Crippen LogP contribution is -2.51. The highest BCUT2D eigenvalue weighted by Gasteiger charge is 2.33. The van der Waals surface area contributed by atoms with Crippen LogP contribution in [0, 0.1) is 17.0 Å². The zero-order valence-corrected chi connectivity index (χ0v) is 26.4. The van der Waals surface area contributed by atoms with Crippen molar-refractivity contribution in [3.8, 4) is 5.75 Å². The molecule has 43 heavy (non-hydrogen) atoms. The first kappa shape index (κ1) is 33.6. The van der Waals surface area contributed by atoms with Crippen LogP contribution in [0.3, 0.4) is 0 Å². The first-order chi connectivity index (χ1) is 20.3. The molecule has 0 aliphatic carbocycles. The fourth-order valence-corrected chi connectivity index (χ4v) is 6.07. The molecule has 11 nitrogen and oxygen atoms in total. The Morgan fingerprint density at radius 2 is 1.74 bits per heavy atom. The van der Waals surface area contributed by atoms with E-state index in [-0.39, 0.29) is 33.4 Å². The minimum atomic E-state index is -4.53. The van der Waals surface area contributed by atoms with Crippen LogP contribution in [0.15, 0.2) is 65.6 Å². The number of halogens is 2. The number of hydrogen-bond donors (Lipinski definition) is 1. The number of sulfonamides is 1. The Morgan fingerprint density at radius 1 is 1.07 bits per heavy atom. The van der Waals surface area contributed by atoms with Crippen molar-refractivity contribution in [1.29, 1.82) is 0 Å². The van der Waals surface area contributed by atoms with Gasteiger partial charge in [0.15, 0.2) is 0 Å². The van der Waals surface area contributed by atoms with Crippen LogP contribution < -0.4 is 14.4 Å². The van der Waals surface area contributed by atoms with Crippen LogP contribution in [-0.2, 0) is 26.2 Å². The average molecular weight is 652 g/mol. The molecule has 1 N–H and O–H groups in total. The predicted molar refractivity (Wildman–Crippen MR) is 165 cm³/mol. The highest BCUT2D eigenvalue weighted by molar-refractivity contribution is 7.92. The van der Waals surface area contributed by atoms with E-state index in [0.717, 1.165) is 10.4 Å². The second-order valence-electron chi connectivity index (χ2n) is 9.64. The summed E-state index contributed by atoms with van der Waals surface area (Å²) in [5, 5.41) is 15.0. The third kappa shape index (κ3) is 8.15. The van der Waals surface area contributed by atoms with Crippen LogP contribution >= 0.6 is 23.2 Å². The third-order valence-corrected chi connectivity index (χ3v) is 9.03. The molecule has 14 heteroatoms. The average Bonchev–Trinajstić information content (AvgIpc) is 2.97. The zero-order valence-electron chi connectivity index (χ0n) is 24.0. The molecule has 0 saturated carbocycles. The van der Waals surface area contributed by atoms with Crippen molar-refractivity contribution in [1.82, 2.24) is 10.2 Å². The number of aryl methyl sites for hydroxylation is 1. The summed E-state index contributed by atoms with van der Waals surface area (Å²) in [6.45, 7) is 4.43. The molecule has 0 fully saturated rings. The van der Waals surface area contributed by atoms with Crippen LogP contribution in [0.4, 0.5) is 11.4 Å². The van der Waals surface area contributed by atoms with E-state index in [2.05, 4.69) is 5.32 Å². The van der Waals surface area contributed by atoms with Crippen molar-refractivity contribution < 1.29 is 27.7 Å². The number of amides is 2. The number of nitrogens with one attached hydrogen (secondary N) is 1. The summed E-state index contributed by atoms with van der Waals surface area (Å²) in [7, 11) is -3.08. The van der Waals surface area contributed by atoms with Gasteiger partial charge in [0.25, 0.3) is 15.7 Å². The van der Waals surface area contributed by atoms with Crippen LogP contribution in [0.1, 0.15) is 31.4 Å². The van der Waals surface area contributed by atoms with Gasteiger partial charge in [0.05, 0.1) is 22.6 Å². The molecule has 0 heterocycles. The molecule has 3 rings (SSSR count). The van der Waals surface area contributed by atoms with Crippen LogP contribution in [0.5, 0.6) is 5.75 Å². The smallest absolute Gasteiger partial charge is 0.273 e. The monoisotopic (exact) mass is 650 g/mol. The van der Waals surface area contributed by atoms with E-state index in [9.17, 15) is 28.1 Å². The van der Waals surface area contributed by atoms with Crippen molar-refractivity contribution in [2.75, 3.05) is 24.5 Å². The SMILES string of the molecule is CCCNC(=O)[C@H](C)N(Cc1ccc(Cl)cc1Cl)C(=O)CN(c1ccc(OC)cc1)S(=O)(=O)c1ccc(C)c([N+](=O)[O-])c1. The summed E-state index contributed by atoms with van der Waals surface area (Å²) in [6.07, 6.45) is 0.668. The summed E-state index contributed by atoms with van der Waals surface area (Å²) in [6, 6.07) is 13.2. The largest absolute Gasteiger partial charge is 0.497 e. The maximum absolute atomic E-state index is 14.0. The lowest BCUT2D eigenvalue weighted by atomic mass is 10.1. The van der Waals surface area contributed by atoms with Gasteiger partial charge in [-0.25, -0.2) is 8.42 Å². The number of carbonyl (C=O) groups excluding carboxylic acids is 2. The molecule has 0 bridgehead atoms. The number of nitro groups is 1. The standard InChI is InChI=1S/C29H32Cl2N4O7S/c1-5-14-32-29(37)20(3)33(17-21-7-8-22(30)15-26(21)31)28(36)18-34(23-9-11-24(42-4)12-10-23)43(40,41)25-13-6-19(2)27(16-25)35(38)39/h6-13,15-16,20H,5,14,17-18H2,1-4H3,(H,32,37)/t20-/m0/s1. The number of ether oxygens (including phenoxy) is 1. The van der Waals surface area contributed by atoms with E-state index in [1.807, 2.05) is 6.92 Å². The summed E-state index contributed by atoms with van der Waals surface area (Å²) in [5.41, 5.74) is 0.476. The molecule has 0 saturated heterocycles. The van der Waals surface area contributed by atoms with Crippen molar-refractivity contribution >= 4 is 56.4 Å². The number of benzene rings is 3. The molecule has 0 aliphatic heterocycles. The minimum absolute atomic E-state index is 0.102. The number of carbonyl (C=O) groups is 2. The molecule has 0 spiro atoms. The minimum Gasteiger partial charge on any atom is -0.497 e. The van der Waals surface area contributed by atoms with Gasteiger partial charge in [-0.2, -0.15) is 0 Å². The van der Waals surface area contributed by atoms with Gasteiger partial charge in [-0.05, 0) is 68.3 Å². The highest BCUT2D eigenvalue weighted by Crippen LogP contribution is 2.30. The molecular weight excluding hydrogens is 619 g/mol. The van der Waals surface area contributed by atoms with Gasteiger partial charge in [-0.15, -0.1) is 0 Å². The topological polar surface area (TPSA) is 139 Å². The van der Waals surface area contributed by atoms with E-state index < -0.39 is 39.3 Å². The Balaban J connectivity index is 2.10. The lowest BCUT2D eigenvalue weighted by molar-refractivity contribution is -0.385. The molecule has 230 valence electrons. The lowest BCUT2D eigenvalue weighted by Gasteiger charge is -2.32. The molecule has 3 aromatic carbocycles. The molecule has 1 atom stereocenters. The summed E-state index contributed by atoms with van der Waals surface area (Å²) in [5.74, 6) is -0.710. The van der Waals surface area contributed by atoms with Crippen molar-refractivity contribution in [3.63, 3.8) is 0 Å². The van der Waals surface area contributed by atoms with Gasteiger partial charge < -0.3 is 15.0 Å². The molecule has 2 amide bonds. The molecule has 0 radical (unpaired) electrons. The van der Waals surface area contributed by atoms with E-state index in [0.29, 0.717) is 29.3 Å². The number of nitrogens with zero attached hydrogens (tertiary/aromatic N) is 3. The molecule has 0 unspecified atom stereocenters. The van der Waals surface area contributed by atoms with Crippen molar-refractivity contribution in [2.24, 2.45) is 0 Å². The van der Waals surface area contributed by atoms with E-state index in [1.165, 1.54) is 68.3 Å². The van der Waals surface area contributed by atoms with Gasteiger partial charge in [0.2, 0.25) is 11.8 Å². The van der Waals surface area contributed by atoms with Crippen molar-refractivity contribution in [3.05, 3.63) is 92.0 Å². The highest BCUT2D eigenvalue weighted by atomic mass is 35.5. The van der Waals surface area contributed by atoms with Crippen LogP contribution in [0.2, 0.25) is 10.0 Å². The molecular formula is C29H32Cl2N4O7S. The molecule has 3 aromatic rings. The third-order valence-electron chi connectivity index (χ3n) is 6.68. The first-order valence-corrected chi connectivity index (χ1v) is 15.4. The Morgan fingerprint density at radius 3 is 2.33 bits per heavy atom. The Bertz CT molecular complexity index is 1600. The summed E-state index contributed by atoms with van der Waals surface area (Å²) >= 11 is 12.4. The van der Waals surface area contributed by atoms with E-state index in [4.69, 9.17) is 27.9 Å². The molecule has 0 aromatic heterocycles. The van der Waals surface area contributed by atoms with Crippen molar-refractivity contribution in [2.45, 2.75) is 44.7 Å². The number of methoxy groups -OCH3 is 1. The first-order valence-electron chi connectivity index (χ1n) is 13.2. The number of rotatable bonds is 13. The van der Waals surface area contributed by atoms with Crippen LogP contribution in [0.25, 0.3) is 0 Å². The van der Waals surface area contributed by atoms with Gasteiger partial charge in [-0.3, -0.25) is 24.0 Å². The number of nitro benzene ring substituents is 1. The fourth-order valence-electron chi connectivity index (χ4n) is 4.16. The number of anilines is 1. The van der Waals surface area contributed by atoms with Gasteiger partial charge in [0, 0.05) is 34.8 Å². The second-order valence-corrected chi connectivity index (χ2v) is 12.3. The fraction of sp³-hybridized carbons (Fsp3) is 0.310. The van der Waals surface area contributed by atoms with Crippen LogP contribution in [-0.4, -0.2) is 56.3 Å².